The monoisotopic (exact) mass is 366 g/mol. The van der Waals surface area contributed by atoms with E-state index in [9.17, 15) is 17.6 Å². The van der Waals surface area contributed by atoms with Crippen molar-refractivity contribution in [1.29, 1.82) is 0 Å². The highest BCUT2D eigenvalue weighted by atomic mass is 79.9. The molecule has 112 valence electrons. The van der Waals surface area contributed by atoms with E-state index < -0.39 is 28.3 Å². The van der Waals surface area contributed by atoms with Gasteiger partial charge in [-0.05, 0) is 40.0 Å². The van der Waals surface area contributed by atoms with E-state index in [1.54, 1.807) is 0 Å². The lowest BCUT2D eigenvalue weighted by atomic mass is 10.2. The molecule has 0 aliphatic rings. The first kappa shape index (κ1) is 17.1. The molecule has 0 saturated heterocycles. The Bertz CT molecular complexity index is 605. The second-order valence-electron chi connectivity index (χ2n) is 4.73. The first-order chi connectivity index (χ1) is 9.14. The van der Waals surface area contributed by atoms with Crippen LogP contribution in [-0.2, 0) is 14.8 Å². The largest absolute Gasteiger partial charge is 0.369 e. The van der Waals surface area contributed by atoms with Gasteiger partial charge in [0.05, 0.1) is 15.9 Å². The number of halogens is 2. The molecule has 1 aromatic rings. The molecule has 0 aliphatic heterocycles. The molecular weight excluding hydrogens is 351 g/mol. The maximum atomic E-state index is 13.5. The summed E-state index contributed by atoms with van der Waals surface area (Å²) in [5, 5.41) is 0. The Balaban J connectivity index is 3.20. The van der Waals surface area contributed by atoms with E-state index in [-0.39, 0.29) is 21.8 Å². The van der Waals surface area contributed by atoms with Crippen molar-refractivity contribution >= 4 is 31.9 Å². The topological polar surface area (TPSA) is 80.5 Å². The van der Waals surface area contributed by atoms with E-state index in [4.69, 9.17) is 5.73 Å². The summed E-state index contributed by atoms with van der Waals surface area (Å²) >= 11 is 2.96. The summed E-state index contributed by atoms with van der Waals surface area (Å²) in [4.78, 5) is 10.8. The number of amides is 1. The molecule has 1 amide bonds. The van der Waals surface area contributed by atoms with Crippen molar-refractivity contribution in [2.75, 3.05) is 13.1 Å². The lowest BCUT2D eigenvalue weighted by molar-refractivity contribution is -0.118. The van der Waals surface area contributed by atoms with E-state index in [0.717, 1.165) is 10.4 Å². The fraction of sp³-hybridized carbons (Fsp3) is 0.417. The zero-order chi connectivity index (χ0) is 15.5. The molecule has 0 bridgehead atoms. The van der Waals surface area contributed by atoms with Crippen LogP contribution in [0.1, 0.15) is 13.8 Å². The lowest BCUT2D eigenvalue weighted by Crippen LogP contribution is -2.40. The lowest BCUT2D eigenvalue weighted by Gasteiger charge is -2.22. The van der Waals surface area contributed by atoms with E-state index in [0.29, 0.717) is 0 Å². The van der Waals surface area contributed by atoms with Gasteiger partial charge < -0.3 is 5.73 Å². The minimum atomic E-state index is -3.96. The fourth-order valence-electron chi connectivity index (χ4n) is 1.62. The first-order valence-corrected chi connectivity index (χ1v) is 8.11. The second-order valence-corrected chi connectivity index (χ2v) is 7.53. The van der Waals surface area contributed by atoms with Gasteiger partial charge in [0, 0.05) is 6.54 Å². The Morgan fingerprint density at radius 1 is 1.45 bits per heavy atom. The molecule has 1 rings (SSSR count). The molecule has 20 heavy (non-hydrogen) atoms. The van der Waals surface area contributed by atoms with Gasteiger partial charge in [0.2, 0.25) is 15.9 Å². The van der Waals surface area contributed by atoms with Gasteiger partial charge in [-0.15, -0.1) is 0 Å². The van der Waals surface area contributed by atoms with Crippen LogP contribution in [0.5, 0.6) is 0 Å². The van der Waals surface area contributed by atoms with Gasteiger partial charge in [-0.25, -0.2) is 12.8 Å². The Morgan fingerprint density at radius 3 is 2.50 bits per heavy atom. The summed E-state index contributed by atoms with van der Waals surface area (Å²) in [6, 6.07) is 3.49. The summed E-state index contributed by atoms with van der Waals surface area (Å²) < 4.78 is 39.4. The van der Waals surface area contributed by atoms with Crippen molar-refractivity contribution in [1.82, 2.24) is 4.31 Å². The fourth-order valence-corrected chi connectivity index (χ4v) is 3.44. The average Bonchev–Trinajstić information content (AvgIpc) is 2.30. The van der Waals surface area contributed by atoms with Crippen LogP contribution in [-0.4, -0.2) is 31.7 Å². The average molecular weight is 367 g/mol. The summed E-state index contributed by atoms with van der Waals surface area (Å²) in [6.07, 6.45) is 0. The van der Waals surface area contributed by atoms with Crippen LogP contribution in [0.25, 0.3) is 0 Å². The van der Waals surface area contributed by atoms with Gasteiger partial charge in [0.1, 0.15) is 5.82 Å². The maximum absolute atomic E-state index is 13.5. The Morgan fingerprint density at radius 2 is 2.05 bits per heavy atom. The summed E-state index contributed by atoms with van der Waals surface area (Å²) in [5.74, 6) is -1.44. The van der Waals surface area contributed by atoms with Crippen LogP contribution in [0.2, 0.25) is 0 Å². The number of rotatable bonds is 6. The zero-order valence-electron chi connectivity index (χ0n) is 11.1. The number of hydrogen-bond acceptors (Lipinski definition) is 3. The molecule has 0 atom stereocenters. The molecule has 0 saturated carbocycles. The van der Waals surface area contributed by atoms with E-state index in [2.05, 4.69) is 15.9 Å². The van der Waals surface area contributed by atoms with Gasteiger partial charge >= 0.3 is 0 Å². The van der Waals surface area contributed by atoms with Crippen molar-refractivity contribution in [3.63, 3.8) is 0 Å². The number of sulfonamides is 1. The minimum absolute atomic E-state index is 0.00409. The number of benzene rings is 1. The molecule has 2 N–H and O–H groups in total. The predicted molar refractivity (Wildman–Crippen MR) is 76.9 cm³/mol. The standard InChI is InChI=1S/C12H16BrFN2O3S/c1-8(2)6-16(7-12(15)17)20(18,19)9-3-4-10(13)11(14)5-9/h3-5,8H,6-7H2,1-2H3,(H2,15,17). The first-order valence-electron chi connectivity index (χ1n) is 5.88. The Hall–Kier alpha value is -0.990. The molecule has 0 fully saturated rings. The Labute approximate surface area is 126 Å². The molecule has 0 aliphatic carbocycles. The van der Waals surface area contributed by atoms with Crippen LogP contribution in [0.3, 0.4) is 0 Å². The van der Waals surface area contributed by atoms with Gasteiger partial charge in [0.25, 0.3) is 0 Å². The molecule has 0 radical (unpaired) electrons. The van der Waals surface area contributed by atoms with Gasteiger partial charge in [-0.2, -0.15) is 4.31 Å². The Kier molecular flexibility index (Phi) is 5.67. The van der Waals surface area contributed by atoms with Crippen LogP contribution in [0.15, 0.2) is 27.6 Å². The molecule has 0 unspecified atom stereocenters. The number of nitrogens with zero attached hydrogens (tertiary/aromatic N) is 1. The van der Waals surface area contributed by atoms with Crippen molar-refractivity contribution < 1.29 is 17.6 Å². The van der Waals surface area contributed by atoms with Crippen molar-refractivity contribution in [2.24, 2.45) is 11.7 Å². The third-order valence-electron chi connectivity index (χ3n) is 2.43. The highest BCUT2D eigenvalue weighted by molar-refractivity contribution is 9.10. The molecule has 0 aromatic heterocycles. The van der Waals surface area contributed by atoms with Crippen LogP contribution in [0, 0.1) is 11.7 Å². The SMILES string of the molecule is CC(C)CN(CC(N)=O)S(=O)(=O)c1ccc(Br)c(F)c1. The van der Waals surface area contributed by atoms with Crippen LogP contribution < -0.4 is 5.73 Å². The predicted octanol–water partition coefficient (Wildman–Crippen LogP) is 1.72. The quantitative estimate of drug-likeness (QED) is 0.832. The molecule has 5 nitrogen and oxygen atoms in total. The summed E-state index contributed by atoms with van der Waals surface area (Å²) in [7, 11) is -3.96. The van der Waals surface area contributed by atoms with Gasteiger partial charge in [0.15, 0.2) is 0 Å². The summed E-state index contributed by atoms with van der Waals surface area (Å²) in [5.41, 5.74) is 5.07. The third kappa shape index (κ3) is 4.26. The second kappa shape index (κ2) is 6.64. The minimum Gasteiger partial charge on any atom is -0.369 e. The van der Waals surface area contributed by atoms with Crippen molar-refractivity contribution in [2.45, 2.75) is 18.7 Å². The van der Waals surface area contributed by atoms with Gasteiger partial charge in [-0.3, -0.25) is 4.79 Å². The van der Waals surface area contributed by atoms with Crippen molar-refractivity contribution in [3.8, 4) is 0 Å². The maximum Gasteiger partial charge on any atom is 0.243 e. The smallest absolute Gasteiger partial charge is 0.243 e. The number of nitrogens with two attached hydrogens (primary N) is 1. The normalized spacial score (nSPS) is 12.1. The molecule has 8 heteroatoms. The third-order valence-corrected chi connectivity index (χ3v) is 4.88. The van der Waals surface area contributed by atoms with E-state index in [1.165, 1.54) is 12.1 Å². The number of carbonyl (C=O) groups is 1. The van der Waals surface area contributed by atoms with Crippen molar-refractivity contribution in [3.05, 3.63) is 28.5 Å². The number of carbonyl (C=O) groups excluding carboxylic acids is 1. The van der Waals surface area contributed by atoms with Crippen LogP contribution in [0.4, 0.5) is 4.39 Å². The van der Waals surface area contributed by atoms with E-state index in [1.807, 2.05) is 13.8 Å². The number of hydrogen-bond donors (Lipinski definition) is 1. The molecule has 0 heterocycles. The highest BCUT2D eigenvalue weighted by Crippen LogP contribution is 2.22. The molecule has 0 spiro atoms. The highest BCUT2D eigenvalue weighted by Gasteiger charge is 2.27. The van der Waals surface area contributed by atoms with E-state index >= 15 is 0 Å². The number of primary amides is 1. The zero-order valence-corrected chi connectivity index (χ0v) is 13.5. The summed E-state index contributed by atoms with van der Waals surface area (Å²) in [6.45, 7) is 3.32. The molecule has 1 aromatic carbocycles. The van der Waals surface area contributed by atoms with Gasteiger partial charge in [-0.1, -0.05) is 13.8 Å². The molecular formula is C12H16BrFN2O3S. The van der Waals surface area contributed by atoms with Crippen LogP contribution >= 0.6 is 15.9 Å².